The van der Waals surface area contributed by atoms with E-state index < -0.39 is 36.6 Å². The van der Waals surface area contributed by atoms with Gasteiger partial charge in [0.05, 0.1) is 6.04 Å². The molecular formula is C34H41FN4O9. The van der Waals surface area contributed by atoms with Gasteiger partial charge in [-0.15, -0.1) is 0 Å². The molecule has 2 saturated carbocycles. The number of ether oxygens (including phenoxy) is 1. The molecule has 2 aromatic heterocycles. The van der Waals surface area contributed by atoms with E-state index >= 15 is 0 Å². The number of carbonyl (C=O) groups excluding carboxylic acids is 3. The lowest BCUT2D eigenvalue weighted by atomic mass is 9.76. The average molecular weight is 669 g/mol. The maximum absolute atomic E-state index is 14.1. The highest BCUT2D eigenvalue weighted by molar-refractivity contribution is 6.00. The van der Waals surface area contributed by atoms with Crippen molar-refractivity contribution in [2.45, 2.75) is 82.9 Å². The minimum Gasteiger partial charge on any atom is -0.477 e. The highest BCUT2D eigenvalue weighted by Gasteiger charge is 2.47. The number of rotatable bonds is 10. The number of carbonyl (C=O) groups is 4. The van der Waals surface area contributed by atoms with E-state index in [-0.39, 0.29) is 47.6 Å². The fourth-order valence-corrected chi connectivity index (χ4v) is 7.94. The third-order valence-electron chi connectivity index (χ3n) is 10.4. The second kappa shape index (κ2) is 14.7. The molecule has 14 heteroatoms. The van der Waals surface area contributed by atoms with Crippen LogP contribution in [0.1, 0.15) is 80.5 Å². The summed E-state index contributed by atoms with van der Waals surface area (Å²) in [5, 5.41) is 15.6. The number of amides is 3. The van der Waals surface area contributed by atoms with E-state index in [4.69, 9.17) is 9.15 Å². The molecule has 3 aromatic rings. The van der Waals surface area contributed by atoms with Crippen LogP contribution in [0.15, 0.2) is 44.2 Å². The van der Waals surface area contributed by atoms with Gasteiger partial charge in [-0.2, -0.15) is 0 Å². The summed E-state index contributed by atoms with van der Waals surface area (Å²) in [5.74, 6) is -2.38. The monoisotopic (exact) mass is 668 g/mol. The van der Waals surface area contributed by atoms with Crippen LogP contribution in [0.2, 0.25) is 0 Å². The number of nitrogens with zero attached hydrogens (tertiary/aromatic N) is 1. The highest BCUT2D eigenvalue weighted by Crippen LogP contribution is 2.41. The first kappa shape index (κ1) is 33.3. The van der Waals surface area contributed by atoms with Crippen LogP contribution in [0.5, 0.6) is 0 Å². The summed E-state index contributed by atoms with van der Waals surface area (Å²) in [6, 6.07) is 5.28. The molecule has 6 rings (SSSR count). The number of alkyl halides is 1. The largest absolute Gasteiger partial charge is 0.518 e. The van der Waals surface area contributed by atoms with Crippen LogP contribution in [-0.4, -0.2) is 64.2 Å². The first-order valence-corrected chi connectivity index (χ1v) is 16.7. The Morgan fingerprint density at radius 3 is 2.50 bits per heavy atom. The summed E-state index contributed by atoms with van der Waals surface area (Å²) in [6.45, 7) is -0.645. The molecule has 3 atom stereocenters. The van der Waals surface area contributed by atoms with Crippen molar-refractivity contribution in [2.24, 2.45) is 23.7 Å². The van der Waals surface area contributed by atoms with Crippen molar-refractivity contribution in [2.75, 3.05) is 18.5 Å². The molecule has 1 saturated heterocycles. The predicted octanol–water partition coefficient (Wildman–Crippen LogP) is 5.22. The van der Waals surface area contributed by atoms with Crippen molar-refractivity contribution in [3.63, 3.8) is 0 Å². The Hall–Kier alpha value is -4.62. The molecule has 258 valence electrons. The lowest BCUT2D eigenvalue weighted by Crippen LogP contribution is -2.50. The maximum Gasteiger partial charge on any atom is 0.518 e. The number of aromatic amines is 1. The van der Waals surface area contributed by atoms with Gasteiger partial charge < -0.3 is 39.2 Å². The normalized spacial score (nSPS) is 23.9. The summed E-state index contributed by atoms with van der Waals surface area (Å²) in [4.78, 5) is 67.4. The number of fused-ring (bicyclic) bond motifs is 1. The molecule has 3 aliphatic rings. The molecule has 3 heterocycles. The van der Waals surface area contributed by atoms with Crippen molar-refractivity contribution >= 4 is 40.5 Å². The Bertz CT molecular complexity index is 1680. The molecule has 4 N–H and O–H groups in total. The van der Waals surface area contributed by atoms with Crippen LogP contribution in [0.3, 0.4) is 0 Å². The maximum atomic E-state index is 14.1. The van der Waals surface area contributed by atoms with Crippen LogP contribution < -0.4 is 16.5 Å². The summed E-state index contributed by atoms with van der Waals surface area (Å²) in [6.07, 6.45) is 8.46. The van der Waals surface area contributed by atoms with Crippen LogP contribution in [-0.2, 0) is 20.9 Å². The van der Waals surface area contributed by atoms with Gasteiger partial charge in [-0.1, -0.05) is 32.1 Å². The number of hydrogen-bond donors (Lipinski definition) is 4. The Morgan fingerprint density at radius 1 is 1.04 bits per heavy atom. The third-order valence-corrected chi connectivity index (χ3v) is 10.4. The molecule has 1 aromatic carbocycles. The van der Waals surface area contributed by atoms with Gasteiger partial charge in [-0.25, -0.2) is 18.8 Å². The molecule has 48 heavy (non-hydrogen) atoms. The van der Waals surface area contributed by atoms with Gasteiger partial charge in [0.25, 0.3) is 0 Å². The lowest BCUT2D eigenvalue weighted by Gasteiger charge is -2.37. The van der Waals surface area contributed by atoms with E-state index in [9.17, 15) is 33.5 Å². The Balaban J connectivity index is 1.09. The molecule has 0 unspecified atom stereocenters. The summed E-state index contributed by atoms with van der Waals surface area (Å²) < 4.78 is 28.3. The van der Waals surface area contributed by atoms with Crippen LogP contribution in [0.25, 0.3) is 10.9 Å². The molecule has 0 radical (unpaired) electrons. The number of nitrogens with one attached hydrogen (secondary N) is 3. The van der Waals surface area contributed by atoms with E-state index in [0.717, 1.165) is 38.4 Å². The number of anilines is 1. The molecule has 0 bridgehead atoms. The number of H-pyrrole nitrogens is 1. The number of halogens is 1. The zero-order chi connectivity index (χ0) is 33.8. The zero-order valence-corrected chi connectivity index (χ0v) is 26.6. The van der Waals surface area contributed by atoms with Gasteiger partial charge >= 0.3 is 17.9 Å². The molecule has 13 nitrogen and oxygen atoms in total. The van der Waals surface area contributed by atoms with Gasteiger partial charge in [0.15, 0.2) is 12.4 Å². The number of likely N-dealkylation sites (tertiary alicyclic amines) is 1. The number of hydrogen-bond acceptors (Lipinski definition) is 8. The Kier molecular flexibility index (Phi) is 10.2. The second-order valence-electron chi connectivity index (χ2n) is 13.3. The van der Waals surface area contributed by atoms with E-state index in [1.165, 1.54) is 12.5 Å². The van der Waals surface area contributed by atoms with Gasteiger partial charge in [-0.3, -0.25) is 9.59 Å². The van der Waals surface area contributed by atoms with E-state index in [2.05, 4.69) is 20.0 Å². The fraction of sp³-hybridized carbons (Fsp3) is 0.559. The van der Waals surface area contributed by atoms with Crippen LogP contribution in [0.4, 0.5) is 14.9 Å². The quantitative estimate of drug-likeness (QED) is 0.225. The van der Waals surface area contributed by atoms with E-state index in [1.54, 1.807) is 23.1 Å². The van der Waals surface area contributed by atoms with E-state index in [1.807, 2.05) is 0 Å². The standard InChI is InChI=1S/C34H41FN4O9/c35-16-28(38-33(44)46-17-24-18-47-34(45)48-24)20-6-8-21(9-7-20)31(41)39-13-12-25(19-4-2-1-3-5-19)29(39)30(40)36-23-10-11-26-22(14-23)15-27(37-26)32(42)43/h10-11,14-15,18-21,25,28-29,37H,1-9,12-13,16-17H2,(H,36,40)(H,38,44)(H,42,43)/t20?,21?,25-,28+,29-/m0/s1. The third kappa shape index (κ3) is 7.42. The van der Waals surface area contributed by atoms with Crippen molar-refractivity contribution in [3.05, 3.63) is 52.6 Å². The molecule has 3 amide bonds. The number of benzene rings is 1. The molecule has 3 fully saturated rings. The minimum absolute atomic E-state index is 0.0293. The van der Waals surface area contributed by atoms with Gasteiger partial charge in [-0.05, 0) is 74.1 Å². The Morgan fingerprint density at radius 2 is 1.81 bits per heavy atom. The van der Waals surface area contributed by atoms with Crippen molar-refractivity contribution in [1.29, 1.82) is 0 Å². The fourth-order valence-electron chi connectivity index (χ4n) is 7.94. The molecule has 2 aliphatic carbocycles. The van der Waals surface area contributed by atoms with Crippen LogP contribution >= 0.6 is 0 Å². The number of aromatic nitrogens is 1. The van der Waals surface area contributed by atoms with Crippen molar-refractivity contribution in [3.8, 4) is 0 Å². The average Bonchev–Trinajstić information content (AvgIpc) is 3.84. The summed E-state index contributed by atoms with van der Waals surface area (Å²) in [7, 11) is 0. The van der Waals surface area contributed by atoms with Gasteiger partial charge in [0.1, 0.15) is 24.7 Å². The predicted molar refractivity (Wildman–Crippen MR) is 170 cm³/mol. The molecular weight excluding hydrogens is 627 g/mol. The number of aromatic carboxylic acids is 1. The minimum atomic E-state index is -1.07. The summed E-state index contributed by atoms with van der Waals surface area (Å²) >= 11 is 0. The van der Waals surface area contributed by atoms with E-state index in [0.29, 0.717) is 54.7 Å². The lowest BCUT2D eigenvalue weighted by molar-refractivity contribution is -0.142. The van der Waals surface area contributed by atoms with Crippen molar-refractivity contribution in [1.82, 2.24) is 15.2 Å². The number of carboxylic acid groups (broad SMARTS) is 1. The SMILES string of the molecule is O=C(N[C@H](CF)C1CCC(C(=O)N2CC[C@@H](C3CCCCC3)[C@H]2C(=O)Nc2ccc3[nH]c(C(=O)O)cc3c2)CC1)OCc1coc(=O)o1. The number of carboxylic acids is 1. The summed E-state index contributed by atoms with van der Waals surface area (Å²) in [5.41, 5.74) is 1.23. The topological polar surface area (TPSA) is 184 Å². The van der Waals surface area contributed by atoms with Gasteiger partial charge in [0.2, 0.25) is 11.8 Å². The van der Waals surface area contributed by atoms with Crippen LogP contribution in [0, 0.1) is 23.7 Å². The number of alkyl carbamates (subject to hydrolysis) is 1. The first-order valence-electron chi connectivity index (χ1n) is 16.7. The smallest absolute Gasteiger partial charge is 0.477 e. The highest BCUT2D eigenvalue weighted by atomic mass is 19.1. The Labute approximate surface area is 275 Å². The first-order chi connectivity index (χ1) is 23.2. The zero-order valence-electron chi connectivity index (χ0n) is 26.6. The van der Waals surface area contributed by atoms with Gasteiger partial charge in [0, 0.05) is 29.1 Å². The molecule has 1 aliphatic heterocycles. The second-order valence-corrected chi connectivity index (χ2v) is 13.3. The molecule has 0 spiro atoms. The van der Waals surface area contributed by atoms with Crippen molar-refractivity contribution < 1.29 is 42.2 Å².